The summed E-state index contributed by atoms with van der Waals surface area (Å²) in [6.07, 6.45) is 0.956. The quantitative estimate of drug-likeness (QED) is 0.138. The Morgan fingerprint density at radius 1 is 1.30 bits per heavy atom. The first-order valence-electron chi connectivity index (χ1n) is 4.86. The molecule has 0 aromatic rings. The van der Waals surface area contributed by atoms with Gasteiger partial charge in [-0.1, -0.05) is 0 Å². The van der Waals surface area contributed by atoms with Crippen molar-refractivity contribution in [3.8, 4) is 0 Å². The van der Waals surface area contributed by atoms with Crippen molar-refractivity contribution in [3.63, 3.8) is 0 Å². The summed E-state index contributed by atoms with van der Waals surface area (Å²) in [6.45, 7) is 0.420. The van der Waals surface area contributed by atoms with Crippen molar-refractivity contribution in [3.05, 3.63) is 0 Å². The number of carboxylic acid groups (broad SMARTS) is 1. The molecule has 0 spiro atoms. The first-order chi connectivity index (χ1) is 8.79. The highest BCUT2D eigenvalue weighted by atomic mass is 32.2. The second-order valence-electron chi connectivity index (χ2n) is 3.31. The van der Waals surface area contributed by atoms with Crippen LogP contribution in [-0.4, -0.2) is 48.1 Å². The Hall–Kier alpha value is -1.60. The Bertz CT molecular complexity index is 432. The van der Waals surface area contributed by atoms with Crippen molar-refractivity contribution < 1.29 is 36.0 Å². The van der Waals surface area contributed by atoms with Crippen molar-refractivity contribution in [2.24, 2.45) is 22.2 Å². The normalized spacial score (nSPS) is 12.8. The molecule has 0 aliphatic rings. The van der Waals surface area contributed by atoms with E-state index in [0.717, 1.165) is 0 Å². The first kappa shape index (κ1) is 20.7. The second-order valence-corrected chi connectivity index (χ2v) is 4.73. The summed E-state index contributed by atoms with van der Waals surface area (Å²) in [5.41, 5.74) is 9.79. The standard InChI is InChI=1S/C6H14N4O2.CHF3O3S/c7-4(5(11)12)2-1-3-10-6(8)9;2-1(3,4)8(5,6)7/h4H,1-3,7H2,(H,11,12)(H4,8,9,10);(H,5,6,7). The van der Waals surface area contributed by atoms with Crippen LogP contribution in [-0.2, 0) is 14.9 Å². The van der Waals surface area contributed by atoms with E-state index in [1.165, 1.54) is 0 Å². The summed E-state index contributed by atoms with van der Waals surface area (Å²) in [6, 6.07) is -0.820. The molecule has 120 valence electrons. The Morgan fingerprint density at radius 3 is 1.95 bits per heavy atom. The molecule has 0 aromatic carbocycles. The van der Waals surface area contributed by atoms with Crippen LogP contribution in [0.1, 0.15) is 12.8 Å². The van der Waals surface area contributed by atoms with Crippen LogP contribution in [0.25, 0.3) is 0 Å². The van der Waals surface area contributed by atoms with Crippen molar-refractivity contribution >= 4 is 22.0 Å². The average Bonchev–Trinajstić information content (AvgIpc) is 2.21. The highest BCUT2D eigenvalue weighted by Gasteiger charge is 2.44. The Labute approximate surface area is 112 Å². The van der Waals surface area contributed by atoms with Crippen LogP contribution in [0.5, 0.6) is 0 Å². The summed E-state index contributed by atoms with van der Waals surface area (Å²) in [4.78, 5) is 13.9. The summed E-state index contributed by atoms with van der Waals surface area (Å²) in [5, 5.41) is 8.38. The monoisotopic (exact) mass is 324 g/mol. The van der Waals surface area contributed by atoms with Crippen LogP contribution in [0, 0.1) is 0 Å². The SMILES string of the molecule is NC(N)=NCCCC(N)C(=O)O.O=S(=O)(O)C(F)(F)F. The van der Waals surface area contributed by atoms with Gasteiger partial charge in [-0.2, -0.15) is 21.6 Å². The van der Waals surface area contributed by atoms with Crippen molar-refractivity contribution in [2.45, 2.75) is 24.4 Å². The Morgan fingerprint density at radius 2 is 1.70 bits per heavy atom. The number of guanidine groups is 1. The highest BCUT2D eigenvalue weighted by molar-refractivity contribution is 7.86. The lowest BCUT2D eigenvalue weighted by atomic mass is 10.2. The molecule has 0 aliphatic carbocycles. The first-order valence-corrected chi connectivity index (χ1v) is 6.30. The van der Waals surface area contributed by atoms with E-state index in [1.54, 1.807) is 0 Å². The van der Waals surface area contributed by atoms with Gasteiger partial charge in [0.2, 0.25) is 0 Å². The topological polar surface area (TPSA) is 182 Å². The van der Waals surface area contributed by atoms with E-state index in [9.17, 15) is 18.0 Å². The fraction of sp³-hybridized carbons (Fsp3) is 0.714. The average molecular weight is 324 g/mol. The molecule has 20 heavy (non-hydrogen) atoms. The van der Waals surface area contributed by atoms with Gasteiger partial charge in [0.05, 0.1) is 0 Å². The summed E-state index contributed by atoms with van der Waals surface area (Å²) in [5.74, 6) is -0.987. The lowest BCUT2D eigenvalue weighted by Gasteiger charge is -2.03. The van der Waals surface area contributed by atoms with Crippen LogP contribution in [0.3, 0.4) is 0 Å². The number of halogens is 3. The van der Waals surface area contributed by atoms with Crippen LogP contribution < -0.4 is 17.2 Å². The van der Waals surface area contributed by atoms with Crippen LogP contribution >= 0.6 is 0 Å². The van der Waals surface area contributed by atoms with Crippen LogP contribution in [0.15, 0.2) is 4.99 Å². The van der Waals surface area contributed by atoms with Gasteiger partial charge in [-0.05, 0) is 12.8 Å². The molecule has 1 unspecified atom stereocenters. The zero-order valence-corrected chi connectivity index (χ0v) is 10.9. The maximum atomic E-state index is 10.7. The molecule has 9 nitrogen and oxygen atoms in total. The van der Waals surface area contributed by atoms with E-state index in [4.69, 9.17) is 35.3 Å². The maximum Gasteiger partial charge on any atom is 0.522 e. The fourth-order valence-electron chi connectivity index (χ4n) is 0.643. The van der Waals surface area contributed by atoms with Gasteiger partial charge < -0.3 is 22.3 Å². The minimum absolute atomic E-state index is 0.0129. The molecule has 0 rings (SSSR count). The molecule has 0 amide bonds. The Kier molecular flexibility index (Phi) is 8.85. The van der Waals surface area contributed by atoms with Crippen molar-refractivity contribution in [1.82, 2.24) is 0 Å². The van der Waals surface area contributed by atoms with Gasteiger partial charge in [-0.15, -0.1) is 0 Å². The molecule has 0 saturated heterocycles. The number of carboxylic acids is 1. The van der Waals surface area contributed by atoms with Crippen molar-refractivity contribution in [2.75, 3.05) is 6.54 Å². The van der Waals surface area contributed by atoms with E-state index in [0.29, 0.717) is 19.4 Å². The van der Waals surface area contributed by atoms with Gasteiger partial charge in [-0.3, -0.25) is 14.3 Å². The lowest BCUT2D eigenvalue weighted by Crippen LogP contribution is -2.30. The van der Waals surface area contributed by atoms with E-state index >= 15 is 0 Å². The maximum absolute atomic E-state index is 10.7. The van der Waals surface area contributed by atoms with E-state index in [2.05, 4.69) is 4.99 Å². The molecular weight excluding hydrogens is 309 g/mol. The molecule has 0 saturated carbocycles. The molecule has 0 aliphatic heterocycles. The minimum Gasteiger partial charge on any atom is -0.480 e. The third-order valence-electron chi connectivity index (χ3n) is 1.58. The smallest absolute Gasteiger partial charge is 0.480 e. The summed E-state index contributed by atoms with van der Waals surface area (Å²) >= 11 is 0. The molecule has 0 fully saturated rings. The number of aliphatic imine (C=N–C) groups is 1. The number of nitrogens with zero attached hydrogens (tertiary/aromatic N) is 1. The number of carbonyl (C=O) groups is 1. The molecule has 8 N–H and O–H groups in total. The number of alkyl halides is 3. The van der Waals surface area contributed by atoms with Gasteiger partial charge in [0.25, 0.3) is 0 Å². The second kappa shape index (κ2) is 8.55. The zero-order chi connectivity index (χ0) is 16.6. The fourth-order valence-corrected chi connectivity index (χ4v) is 0.643. The zero-order valence-electron chi connectivity index (χ0n) is 10.0. The number of aliphatic carboxylic acids is 1. The van der Waals surface area contributed by atoms with Crippen LogP contribution in [0.2, 0.25) is 0 Å². The van der Waals surface area contributed by atoms with Gasteiger partial charge in [-0.25, -0.2) is 0 Å². The summed E-state index contributed by atoms with van der Waals surface area (Å²) in [7, 11) is -5.84. The molecule has 0 bridgehead atoms. The van der Waals surface area contributed by atoms with Gasteiger partial charge in [0.15, 0.2) is 5.96 Å². The van der Waals surface area contributed by atoms with E-state index in [-0.39, 0.29) is 5.96 Å². The van der Waals surface area contributed by atoms with E-state index in [1.807, 2.05) is 0 Å². The third-order valence-corrected chi connectivity index (χ3v) is 2.16. The largest absolute Gasteiger partial charge is 0.522 e. The predicted molar refractivity (Wildman–Crippen MR) is 63.1 cm³/mol. The number of rotatable bonds is 5. The Balaban J connectivity index is 0. The molecular formula is C7H15F3N4O5S. The number of hydrogen-bond acceptors (Lipinski definition) is 5. The highest BCUT2D eigenvalue weighted by Crippen LogP contribution is 2.20. The predicted octanol–water partition coefficient (Wildman–Crippen LogP) is -1.15. The number of hydrogen-bond donors (Lipinski definition) is 5. The van der Waals surface area contributed by atoms with Gasteiger partial charge in [0, 0.05) is 6.54 Å². The van der Waals surface area contributed by atoms with Gasteiger partial charge in [0.1, 0.15) is 6.04 Å². The lowest BCUT2D eigenvalue weighted by molar-refractivity contribution is -0.138. The van der Waals surface area contributed by atoms with Crippen LogP contribution in [0.4, 0.5) is 13.2 Å². The number of nitrogens with two attached hydrogens (primary N) is 3. The van der Waals surface area contributed by atoms with E-state index < -0.39 is 27.6 Å². The molecule has 0 aromatic heterocycles. The molecule has 0 heterocycles. The van der Waals surface area contributed by atoms with Gasteiger partial charge >= 0.3 is 21.6 Å². The molecule has 0 radical (unpaired) electrons. The summed E-state index contributed by atoms with van der Waals surface area (Å²) < 4.78 is 57.5. The third kappa shape index (κ3) is 11.5. The minimum atomic E-state index is -5.84. The van der Waals surface area contributed by atoms with Crippen molar-refractivity contribution in [1.29, 1.82) is 0 Å². The molecule has 1 atom stereocenters. The molecule has 13 heteroatoms.